The average Bonchev–Trinajstić information content (AvgIpc) is 2.82. The van der Waals surface area contributed by atoms with Crippen molar-refractivity contribution >= 4 is 17.5 Å². The third-order valence-corrected chi connectivity index (χ3v) is 2.67. The standard InChI is InChI=1S/C11H12ClNO4/c12-4-8(14)5-13-11(15)7-1-2-9-10(3-7)17-6-16-9/h1-3,8,14H,4-6H2,(H,13,15). The predicted octanol–water partition coefficient (Wildman–Crippen LogP) is 0.745. The first kappa shape index (κ1) is 12.0. The van der Waals surface area contributed by atoms with Crippen LogP contribution in [-0.2, 0) is 0 Å². The summed E-state index contributed by atoms with van der Waals surface area (Å²) in [6.45, 7) is 0.294. The number of benzene rings is 1. The molecule has 5 nitrogen and oxygen atoms in total. The molecule has 0 bridgehead atoms. The van der Waals surface area contributed by atoms with E-state index in [9.17, 15) is 9.90 Å². The molecule has 0 saturated carbocycles. The third-order valence-electron chi connectivity index (χ3n) is 2.31. The fourth-order valence-corrected chi connectivity index (χ4v) is 1.51. The van der Waals surface area contributed by atoms with E-state index in [4.69, 9.17) is 21.1 Å². The summed E-state index contributed by atoms with van der Waals surface area (Å²) < 4.78 is 10.3. The van der Waals surface area contributed by atoms with Gasteiger partial charge < -0.3 is 19.9 Å². The van der Waals surface area contributed by atoms with Crippen molar-refractivity contribution in [2.45, 2.75) is 6.10 Å². The second-order valence-electron chi connectivity index (χ2n) is 3.59. The molecule has 0 fully saturated rings. The third kappa shape index (κ3) is 2.81. The molecule has 2 N–H and O–H groups in total. The van der Waals surface area contributed by atoms with E-state index in [0.29, 0.717) is 17.1 Å². The van der Waals surface area contributed by atoms with Gasteiger partial charge >= 0.3 is 0 Å². The lowest BCUT2D eigenvalue weighted by atomic mass is 10.2. The first-order chi connectivity index (χ1) is 8.20. The molecule has 1 aliphatic rings. The summed E-state index contributed by atoms with van der Waals surface area (Å²) in [4.78, 5) is 11.7. The van der Waals surface area contributed by atoms with Crippen molar-refractivity contribution in [3.8, 4) is 11.5 Å². The molecule has 1 heterocycles. The van der Waals surface area contributed by atoms with Gasteiger partial charge in [0.25, 0.3) is 5.91 Å². The van der Waals surface area contributed by atoms with Crippen LogP contribution in [-0.4, -0.2) is 36.3 Å². The summed E-state index contributed by atoms with van der Waals surface area (Å²) in [7, 11) is 0. The second-order valence-corrected chi connectivity index (χ2v) is 3.89. The minimum atomic E-state index is -0.741. The number of rotatable bonds is 4. The van der Waals surface area contributed by atoms with Gasteiger partial charge in [-0.1, -0.05) is 0 Å². The van der Waals surface area contributed by atoms with Gasteiger partial charge in [-0.15, -0.1) is 11.6 Å². The molecule has 0 radical (unpaired) electrons. The van der Waals surface area contributed by atoms with Crippen LogP contribution in [0.25, 0.3) is 0 Å². The van der Waals surface area contributed by atoms with Gasteiger partial charge in [-0.2, -0.15) is 0 Å². The van der Waals surface area contributed by atoms with Gasteiger partial charge in [0, 0.05) is 12.1 Å². The molecule has 1 aliphatic heterocycles. The Morgan fingerprint density at radius 3 is 3.00 bits per heavy atom. The van der Waals surface area contributed by atoms with Crippen LogP contribution in [0.5, 0.6) is 11.5 Å². The number of carbonyl (C=O) groups excluding carboxylic acids is 1. The molecule has 0 saturated heterocycles. The van der Waals surface area contributed by atoms with Crippen LogP contribution in [0.1, 0.15) is 10.4 Å². The molecule has 1 aromatic rings. The Labute approximate surface area is 103 Å². The van der Waals surface area contributed by atoms with Gasteiger partial charge in [0.15, 0.2) is 11.5 Å². The maximum Gasteiger partial charge on any atom is 0.251 e. The number of aliphatic hydroxyl groups is 1. The molecule has 1 aromatic carbocycles. The smallest absolute Gasteiger partial charge is 0.251 e. The van der Waals surface area contributed by atoms with Crippen LogP contribution >= 0.6 is 11.6 Å². The minimum absolute atomic E-state index is 0.0847. The molecular weight excluding hydrogens is 246 g/mol. The van der Waals surface area contributed by atoms with Crippen LogP contribution in [0, 0.1) is 0 Å². The Balaban J connectivity index is 2.00. The van der Waals surface area contributed by atoms with E-state index in [-0.39, 0.29) is 25.1 Å². The topological polar surface area (TPSA) is 67.8 Å². The van der Waals surface area contributed by atoms with E-state index < -0.39 is 6.10 Å². The molecule has 0 spiro atoms. The predicted molar refractivity (Wildman–Crippen MR) is 61.6 cm³/mol. The minimum Gasteiger partial charge on any atom is -0.454 e. The van der Waals surface area contributed by atoms with Gasteiger partial charge in [0.2, 0.25) is 6.79 Å². The number of ether oxygens (including phenoxy) is 2. The summed E-state index contributed by atoms with van der Waals surface area (Å²) in [6, 6.07) is 4.91. The Bertz CT molecular complexity index is 424. The zero-order valence-corrected chi connectivity index (χ0v) is 9.74. The Morgan fingerprint density at radius 1 is 1.47 bits per heavy atom. The highest BCUT2D eigenvalue weighted by Gasteiger charge is 2.16. The quantitative estimate of drug-likeness (QED) is 0.781. The van der Waals surface area contributed by atoms with Crippen molar-refractivity contribution < 1.29 is 19.4 Å². The fraction of sp³-hybridized carbons (Fsp3) is 0.364. The monoisotopic (exact) mass is 257 g/mol. The van der Waals surface area contributed by atoms with Gasteiger partial charge in [-0.05, 0) is 18.2 Å². The largest absolute Gasteiger partial charge is 0.454 e. The number of halogens is 1. The summed E-state index contributed by atoms with van der Waals surface area (Å²) in [6.07, 6.45) is -0.741. The van der Waals surface area contributed by atoms with Crippen LogP contribution in [0.4, 0.5) is 0 Å². The Kier molecular flexibility index (Phi) is 3.71. The highest BCUT2D eigenvalue weighted by Crippen LogP contribution is 2.32. The summed E-state index contributed by atoms with van der Waals surface area (Å²) in [5.41, 5.74) is 0.455. The average molecular weight is 258 g/mol. The Morgan fingerprint density at radius 2 is 2.24 bits per heavy atom. The molecule has 17 heavy (non-hydrogen) atoms. The first-order valence-corrected chi connectivity index (χ1v) is 5.66. The summed E-state index contributed by atoms with van der Waals surface area (Å²) in [5.74, 6) is 0.979. The number of carbonyl (C=O) groups is 1. The summed E-state index contributed by atoms with van der Waals surface area (Å²) in [5, 5.41) is 11.8. The number of fused-ring (bicyclic) bond motifs is 1. The maximum absolute atomic E-state index is 11.7. The molecular formula is C11H12ClNO4. The zero-order valence-electron chi connectivity index (χ0n) is 8.98. The number of amides is 1. The van der Waals surface area contributed by atoms with Crippen molar-refractivity contribution in [3.63, 3.8) is 0 Å². The van der Waals surface area contributed by atoms with Crippen LogP contribution in [0.2, 0.25) is 0 Å². The highest BCUT2D eigenvalue weighted by molar-refractivity contribution is 6.18. The lowest BCUT2D eigenvalue weighted by Gasteiger charge is -2.08. The number of hydrogen-bond acceptors (Lipinski definition) is 4. The molecule has 0 aromatic heterocycles. The van der Waals surface area contributed by atoms with E-state index in [1.165, 1.54) is 0 Å². The lowest BCUT2D eigenvalue weighted by Crippen LogP contribution is -2.32. The lowest BCUT2D eigenvalue weighted by molar-refractivity contribution is 0.0925. The number of aliphatic hydroxyl groups excluding tert-OH is 1. The van der Waals surface area contributed by atoms with E-state index >= 15 is 0 Å². The van der Waals surface area contributed by atoms with Crippen molar-refractivity contribution in [1.29, 1.82) is 0 Å². The number of alkyl halides is 1. The van der Waals surface area contributed by atoms with Gasteiger partial charge in [0.05, 0.1) is 12.0 Å². The normalized spacial score (nSPS) is 14.5. The number of hydrogen-bond donors (Lipinski definition) is 2. The fourth-order valence-electron chi connectivity index (χ4n) is 1.40. The molecule has 0 aliphatic carbocycles. The Hall–Kier alpha value is -1.46. The van der Waals surface area contributed by atoms with E-state index in [0.717, 1.165) is 0 Å². The van der Waals surface area contributed by atoms with Gasteiger partial charge in [-0.3, -0.25) is 4.79 Å². The SMILES string of the molecule is O=C(NCC(O)CCl)c1ccc2c(c1)OCO2. The van der Waals surface area contributed by atoms with Gasteiger partial charge in [-0.25, -0.2) is 0 Å². The van der Waals surface area contributed by atoms with Crippen LogP contribution in [0.15, 0.2) is 18.2 Å². The van der Waals surface area contributed by atoms with E-state index in [2.05, 4.69) is 5.32 Å². The summed E-state index contributed by atoms with van der Waals surface area (Å²) >= 11 is 5.42. The molecule has 1 amide bonds. The number of nitrogens with one attached hydrogen (secondary N) is 1. The molecule has 2 rings (SSSR count). The van der Waals surface area contributed by atoms with E-state index in [1.807, 2.05) is 0 Å². The van der Waals surface area contributed by atoms with Crippen molar-refractivity contribution in [2.24, 2.45) is 0 Å². The van der Waals surface area contributed by atoms with Gasteiger partial charge in [0.1, 0.15) is 0 Å². The molecule has 6 heteroatoms. The van der Waals surface area contributed by atoms with Crippen molar-refractivity contribution in [1.82, 2.24) is 5.32 Å². The second kappa shape index (κ2) is 5.25. The van der Waals surface area contributed by atoms with Crippen molar-refractivity contribution in [2.75, 3.05) is 19.2 Å². The van der Waals surface area contributed by atoms with Crippen molar-refractivity contribution in [3.05, 3.63) is 23.8 Å². The highest BCUT2D eigenvalue weighted by atomic mass is 35.5. The molecule has 1 unspecified atom stereocenters. The molecule has 92 valence electrons. The van der Waals surface area contributed by atoms with Crippen LogP contribution < -0.4 is 14.8 Å². The molecule has 1 atom stereocenters. The maximum atomic E-state index is 11.7. The van der Waals surface area contributed by atoms with Crippen LogP contribution in [0.3, 0.4) is 0 Å². The van der Waals surface area contributed by atoms with E-state index in [1.54, 1.807) is 18.2 Å². The zero-order chi connectivity index (χ0) is 12.3. The first-order valence-electron chi connectivity index (χ1n) is 5.12.